The number of hydrogen-bond donors (Lipinski definition) is 0. The highest BCUT2D eigenvalue weighted by atomic mass is 19.1. The van der Waals surface area contributed by atoms with E-state index in [-0.39, 0.29) is 11.3 Å². The molecule has 0 aromatic heterocycles. The van der Waals surface area contributed by atoms with Crippen LogP contribution in [0.5, 0.6) is 17.2 Å². The zero-order valence-electron chi connectivity index (χ0n) is 28.5. The Morgan fingerprint density at radius 2 is 1.13 bits per heavy atom. The van der Waals surface area contributed by atoms with Crippen molar-refractivity contribution in [3.63, 3.8) is 0 Å². The first-order valence-electron chi connectivity index (χ1n) is 18.5. The van der Waals surface area contributed by atoms with Crippen LogP contribution in [0.3, 0.4) is 0 Å². The monoisotopic (exact) mass is 624 g/mol. The Morgan fingerprint density at radius 1 is 0.622 bits per heavy atom. The van der Waals surface area contributed by atoms with Crippen LogP contribution in [-0.4, -0.2) is 19.2 Å². The second kappa shape index (κ2) is 22.9. The highest BCUT2D eigenvalue weighted by Crippen LogP contribution is 2.34. The van der Waals surface area contributed by atoms with Gasteiger partial charge in [0.2, 0.25) is 0 Å². The average molecular weight is 625 g/mol. The molecule has 1 aliphatic rings. The van der Waals surface area contributed by atoms with E-state index in [1.165, 1.54) is 128 Å². The molecule has 0 spiro atoms. The van der Waals surface area contributed by atoms with Crippen LogP contribution in [0.2, 0.25) is 0 Å². The Balaban J connectivity index is 1.26. The number of carbonyl (C=O) groups is 1. The summed E-state index contributed by atoms with van der Waals surface area (Å²) in [6, 6.07) is 11.3. The molecule has 0 saturated heterocycles. The molecule has 0 radical (unpaired) electrons. The molecule has 0 heterocycles. The second-order valence-electron chi connectivity index (χ2n) is 13.3. The number of unbranched alkanes of at least 4 members (excludes halogenated alkanes) is 12. The molecule has 1 fully saturated rings. The van der Waals surface area contributed by atoms with Gasteiger partial charge in [0.25, 0.3) is 0 Å². The molecule has 0 unspecified atom stereocenters. The molecular weight excluding hydrogens is 563 g/mol. The Hall–Kier alpha value is -2.56. The van der Waals surface area contributed by atoms with Gasteiger partial charge in [0.15, 0.2) is 11.6 Å². The average Bonchev–Trinajstić information content (AvgIpc) is 3.06. The van der Waals surface area contributed by atoms with Gasteiger partial charge < -0.3 is 14.2 Å². The summed E-state index contributed by atoms with van der Waals surface area (Å²) in [5.74, 6) is 2.00. The first-order valence-corrected chi connectivity index (χ1v) is 18.5. The summed E-state index contributed by atoms with van der Waals surface area (Å²) in [7, 11) is 0. The minimum atomic E-state index is -0.598. The van der Waals surface area contributed by atoms with E-state index in [9.17, 15) is 9.18 Å². The molecule has 2 aromatic rings. The van der Waals surface area contributed by atoms with Gasteiger partial charge in [0.1, 0.15) is 11.5 Å². The van der Waals surface area contributed by atoms with Gasteiger partial charge in [-0.3, -0.25) is 0 Å². The van der Waals surface area contributed by atoms with Crippen LogP contribution in [0.25, 0.3) is 0 Å². The number of carbonyl (C=O) groups excluding carboxylic acids is 1. The van der Waals surface area contributed by atoms with E-state index in [1.54, 1.807) is 18.2 Å². The van der Waals surface area contributed by atoms with Crippen molar-refractivity contribution in [2.45, 2.75) is 149 Å². The summed E-state index contributed by atoms with van der Waals surface area (Å²) >= 11 is 0. The van der Waals surface area contributed by atoms with Gasteiger partial charge in [0, 0.05) is 0 Å². The molecular formula is C40H61FO4. The van der Waals surface area contributed by atoms with E-state index >= 15 is 0 Å². The zero-order chi connectivity index (χ0) is 32.0. The van der Waals surface area contributed by atoms with E-state index in [0.29, 0.717) is 19.0 Å². The molecule has 1 saturated carbocycles. The molecule has 1 aliphatic carbocycles. The maximum Gasteiger partial charge on any atom is 0.343 e. The van der Waals surface area contributed by atoms with Crippen LogP contribution in [0, 0.1) is 17.7 Å². The van der Waals surface area contributed by atoms with Crippen molar-refractivity contribution in [1.29, 1.82) is 0 Å². The summed E-state index contributed by atoms with van der Waals surface area (Å²) < 4.78 is 31.6. The molecule has 0 N–H and O–H groups in total. The Labute approximate surface area is 273 Å². The van der Waals surface area contributed by atoms with Crippen molar-refractivity contribution in [1.82, 2.24) is 0 Å². The third-order valence-corrected chi connectivity index (χ3v) is 9.42. The van der Waals surface area contributed by atoms with Crippen LogP contribution in [-0.2, 0) is 0 Å². The Bertz CT molecular complexity index is 1040. The minimum Gasteiger partial charge on any atom is -0.494 e. The van der Waals surface area contributed by atoms with E-state index in [1.807, 2.05) is 12.1 Å². The normalized spacial score (nSPS) is 16.4. The van der Waals surface area contributed by atoms with Gasteiger partial charge in [-0.15, -0.1) is 0 Å². The number of rotatable bonds is 24. The first-order chi connectivity index (χ1) is 22.1. The standard InChI is InChI=1S/C40H61FO4/c1-3-5-7-9-10-11-12-14-16-30-44-39-29-24-35(32-38(39)41)40(42)45-37-27-25-36(26-28-37)43-31-17-19-34-22-20-33(21-23-34)18-15-13-8-6-4-2/h24-29,32-34H,3-23,30-31H2,1-2H3. The number of halogens is 1. The number of ether oxygens (including phenoxy) is 3. The fraction of sp³-hybridized carbons (Fsp3) is 0.675. The molecule has 4 nitrogen and oxygen atoms in total. The highest BCUT2D eigenvalue weighted by molar-refractivity contribution is 5.91. The van der Waals surface area contributed by atoms with Gasteiger partial charge >= 0.3 is 5.97 Å². The molecule has 0 atom stereocenters. The topological polar surface area (TPSA) is 44.8 Å². The largest absolute Gasteiger partial charge is 0.494 e. The number of benzene rings is 2. The zero-order valence-corrected chi connectivity index (χ0v) is 28.5. The van der Waals surface area contributed by atoms with Gasteiger partial charge in [-0.05, 0) is 73.6 Å². The number of hydrogen-bond acceptors (Lipinski definition) is 4. The summed E-state index contributed by atoms with van der Waals surface area (Å²) in [5, 5.41) is 0. The maximum atomic E-state index is 14.6. The number of esters is 1. The van der Waals surface area contributed by atoms with Gasteiger partial charge in [-0.25, -0.2) is 9.18 Å². The van der Waals surface area contributed by atoms with Crippen molar-refractivity contribution >= 4 is 5.97 Å². The van der Waals surface area contributed by atoms with Crippen molar-refractivity contribution in [2.75, 3.05) is 13.2 Å². The molecule has 0 aliphatic heterocycles. The molecule has 2 aromatic carbocycles. The van der Waals surface area contributed by atoms with Crippen molar-refractivity contribution in [2.24, 2.45) is 11.8 Å². The fourth-order valence-corrected chi connectivity index (χ4v) is 6.52. The molecule has 0 bridgehead atoms. The first kappa shape index (κ1) is 36.9. The molecule has 0 amide bonds. The lowest BCUT2D eigenvalue weighted by molar-refractivity contribution is 0.0734. The quantitative estimate of drug-likeness (QED) is 0.0662. The Kier molecular flexibility index (Phi) is 18.8. The van der Waals surface area contributed by atoms with Crippen LogP contribution < -0.4 is 14.2 Å². The predicted molar refractivity (Wildman–Crippen MR) is 184 cm³/mol. The molecule has 45 heavy (non-hydrogen) atoms. The fourth-order valence-electron chi connectivity index (χ4n) is 6.52. The third kappa shape index (κ3) is 15.5. The smallest absolute Gasteiger partial charge is 0.343 e. The third-order valence-electron chi connectivity index (χ3n) is 9.42. The summed E-state index contributed by atoms with van der Waals surface area (Å²) in [6.07, 6.45) is 27.2. The second-order valence-corrected chi connectivity index (χ2v) is 13.3. The van der Waals surface area contributed by atoms with E-state index in [2.05, 4.69) is 13.8 Å². The van der Waals surface area contributed by atoms with Gasteiger partial charge in [-0.1, -0.05) is 129 Å². The van der Waals surface area contributed by atoms with Gasteiger partial charge in [-0.2, -0.15) is 0 Å². The van der Waals surface area contributed by atoms with Crippen LogP contribution in [0.4, 0.5) is 4.39 Å². The van der Waals surface area contributed by atoms with Crippen molar-refractivity contribution in [3.8, 4) is 17.2 Å². The van der Waals surface area contributed by atoms with Crippen molar-refractivity contribution in [3.05, 3.63) is 53.8 Å². The van der Waals surface area contributed by atoms with Gasteiger partial charge in [0.05, 0.1) is 18.8 Å². The van der Waals surface area contributed by atoms with Crippen LogP contribution >= 0.6 is 0 Å². The van der Waals surface area contributed by atoms with Crippen LogP contribution in [0.15, 0.2) is 42.5 Å². The molecule has 5 heteroatoms. The maximum absolute atomic E-state index is 14.6. The summed E-state index contributed by atoms with van der Waals surface area (Å²) in [5.41, 5.74) is 0.157. The van der Waals surface area contributed by atoms with E-state index < -0.39 is 11.8 Å². The predicted octanol–water partition coefficient (Wildman–Crippen LogP) is 12.3. The van der Waals surface area contributed by atoms with E-state index in [4.69, 9.17) is 14.2 Å². The van der Waals surface area contributed by atoms with E-state index in [0.717, 1.165) is 36.8 Å². The Morgan fingerprint density at radius 3 is 1.73 bits per heavy atom. The lowest BCUT2D eigenvalue weighted by atomic mass is 9.78. The van der Waals surface area contributed by atoms with Crippen molar-refractivity contribution < 1.29 is 23.4 Å². The minimum absolute atomic E-state index is 0.157. The van der Waals surface area contributed by atoms with Crippen LogP contribution in [0.1, 0.15) is 159 Å². The molecule has 252 valence electrons. The summed E-state index contributed by atoms with van der Waals surface area (Å²) in [6.45, 7) is 5.69. The highest BCUT2D eigenvalue weighted by Gasteiger charge is 2.20. The molecule has 3 rings (SSSR count). The SMILES string of the molecule is CCCCCCCCCCCOc1ccc(C(=O)Oc2ccc(OCCCC3CCC(CCCCCCC)CC3)cc2)cc1F. The summed E-state index contributed by atoms with van der Waals surface area (Å²) in [4.78, 5) is 12.6. The lowest BCUT2D eigenvalue weighted by Crippen LogP contribution is -2.15. The lowest BCUT2D eigenvalue weighted by Gasteiger charge is -2.28.